The van der Waals surface area contributed by atoms with E-state index in [1.54, 1.807) is 6.20 Å². The molecule has 0 atom stereocenters. The molecule has 3 N–H and O–H groups in total. The molecule has 0 saturated carbocycles. The van der Waals surface area contributed by atoms with Crippen molar-refractivity contribution in [2.45, 2.75) is 0 Å². The van der Waals surface area contributed by atoms with Gasteiger partial charge in [-0.1, -0.05) is 0 Å². The predicted molar refractivity (Wildman–Crippen MR) is 66.0 cm³/mol. The Hall–Kier alpha value is -1.57. The molecule has 1 fully saturated rings. The fraction of sp³-hybridized carbons (Fsp3) is 0.444. The van der Waals surface area contributed by atoms with Crippen LogP contribution in [0.4, 0.5) is 16.6 Å². The van der Waals surface area contributed by atoms with E-state index >= 15 is 0 Å². The molecule has 0 spiro atoms. The second-order valence-corrected chi connectivity index (χ2v) is 4.51. The molecule has 0 unspecified atom stereocenters. The summed E-state index contributed by atoms with van der Waals surface area (Å²) in [5.74, 6) is 0.923. The first-order chi connectivity index (χ1) is 8.08. The van der Waals surface area contributed by atoms with Crippen LogP contribution in [0.2, 0.25) is 0 Å². The van der Waals surface area contributed by atoms with Crippen LogP contribution in [-0.4, -0.2) is 52.2 Å². The highest BCUT2D eigenvalue weighted by molar-refractivity contribution is 9.10. The van der Waals surface area contributed by atoms with Gasteiger partial charge in [0.2, 0.25) is 5.95 Å². The zero-order valence-corrected chi connectivity index (χ0v) is 10.6. The Kier molecular flexibility index (Phi) is 3.32. The van der Waals surface area contributed by atoms with Crippen LogP contribution in [0.1, 0.15) is 0 Å². The maximum Gasteiger partial charge on any atom is 0.407 e. The van der Waals surface area contributed by atoms with Crippen molar-refractivity contribution >= 4 is 33.8 Å². The molecule has 0 bridgehead atoms. The lowest BCUT2D eigenvalue weighted by Gasteiger charge is -2.33. The van der Waals surface area contributed by atoms with E-state index in [9.17, 15) is 4.79 Å². The van der Waals surface area contributed by atoms with Gasteiger partial charge in [-0.3, -0.25) is 0 Å². The van der Waals surface area contributed by atoms with Gasteiger partial charge in [-0.05, 0) is 15.9 Å². The van der Waals surface area contributed by atoms with Crippen molar-refractivity contribution < 1.29 is 9.90 Å². The Balaban J connectivity index is 2.05. The van der Waals surface area contributed by atoms with Crippen LogP contribution in [0, 0.1) is 0 Å². The first-order valence-corrected chi connectivity index (χ1v) is 5.88. The summed E-state index contributed by atoms with van der Waals surface area (Å²) in [4.78, 5) is 22.3. The standard InChI is InChI=1S/C9H12BrN5O2/c10-6-5-12-8(13-7(6)11)14-1-3-15(4-2-14)9(16)17/h5H,1-4H2,(H,16,17)(H2,11,12,13). The van der Waals surface area contributed by atoms with Gasteiger partial charge in [0, 0.05) is 32.4 Å². The van der Waals surface area contributed by atoms with Gasteiger partial charge in [0.15, 0.2) is 0 Å². The molecular formula is C9H12BrN5O2. The number of nitrogens with two attached hydrogens (primary N) is 1. The van der Waals surface area contributed by atoms with Gasteiger partial charge < -0.3 is 20.6 Å². The van der Waals surface area contributed by atoms with Gasteiger partial charge in [0.05, 0.1) is 4.47 Å². The van der Waals surface area contributed by atoms with Crippen molar-refractivity contribution in [3.8, 4) is 0 Å². The molecule has 1 aromatic rings. The topological polar surface area (TPSA) is 95.6 Å². The molecule has 0 aliphatic carbocycles. The minimum Gasteiger partial charge on any atom is -0.465 e. The van der Waals surface area contributed by atoms with Crippen LogP contribution >= 0.6 is 15.9 Å². The van der Waals surface area contributed by atoms with Crippen molar-refractivity contribution in [2.24, 2.45) is 0 Å². The summed E-state index contributed by atoms with van der Waals surface area (Å²) in [7, 11) is 0. The average molecular weight is 302 g/mol. The largest absolute Gasteiger partial charge is 0.465 e. The maximum absolute atomic E-state index is 10.7. The molecular weight excluding hydrogens is 290 g/mol. The number of piperazine rings is 1. The zero-order chi connectivity index (χ0) is 12.4. The fourth-order valence-corrected chi connectivity index (χ4v) is 1.81. The number of nitrogens with zero attached hydrogens (tertiary/aromatic N) is 4. The molecule has 0 radical (unpaired) electrons. The molecule has 1 aromatic heterocycles. The minimum absolute atomic E-state index is 0.385. The fourth-order valence-electron chi connectivity index (χ4n) is 1.62. The third kappa shape index (κ3) is 2.57. The number of hydrogen-bond acceptors (Lipinski definition) is 5. The second kappa shape index (κ2) is 4.74. The number of anilines is 2. The van der Waals surface area contributed by atoms with E-state index in [4.69, 9.17) is 10.8 Å². The number of amides is 1. The Morgan fingerprint density at radius 1 is 1.41 bits per heavy atom. The van der Waals surface area contributed by atoms with Crippen LogP contribution < -0.4 is 10.6 Å². The van der Waals surface area contributed by atoms with Gasteiger partial charge in [0.1, 0.15) is 5.82 Å². The van der Waals surface area contributed by atoms with Crippen molar-refractivity contribution in [1.29, 1.82) is 0 Å². The normalized spacial score (nSPS) is 16.1. The summed E-state index contributed by atoms with van der Waals surface area (Å²) < 4.78 is 0.658. The molecule has 1 saturated heterocycles. The Labute approximate surface area is 106 Å². The van der Waals surface area contributed by atoms with Crippen molar-refractivity contribution in [3.05, 3.63) is 10.7 Å². The molecule has 1 aliphatic heterocycles. The lowest BCUT2D eigenvalue weighted by molar-refractivity contribution is 0.142. The Morgan fingerprint density at radius 2 is 2.06 bits per heavy atom. The molecule has 0 aromatic carbocycles. The monoisotopic (exact) mass is 301 g/mol. The van der Waals surface area contributed by atoms with E-state index in [2.05, 4.69) is 25.9 Å². The van der Waals surface area contributed by atoms with E-state index in [1.165, 1.54) is 4.90 Å². The van der Waals surface area contributed by atoms with Crippen LogP contribution in [0.15, 0.2) is 10.7 Å². The minimum atomic E-state index is -0.888. The highest BCUT2D eigenvalue weighted by atomic mass is 79.9. The summed E-state index contributed by atoms with van der Waals surface area (Å²) >= 11 is 3.23. The maximum atomic E-state index is 10.7. The van der Waals surface area contributed by atoms with E-state index in [0.29, 0.717) is 42.4 Å². The van der Waals surface area contributed by atoms with Crippen molar-refractivity contribution in [3.63, 3.8) is 0 Å². The van der Waals surface area contributed by atoms with Gasteiger partial charge in [-0.2, -0.15) is 4.98 Å². The van der Waals surface area contributed by atoms with Crippen LogP contribution in [0.25, 0.3) is 0 Å². The van der Waals surface area contributed by atoms with Crippen molar-refractivity contribution in [2.75, 3.05) is 36.8 Å². The van der Waals surface area contributed by atoms with E-state index in [1.807, 2.05) is 4.90 Å². The zero-order valence-electron chi connectivity index (χ0n) is 9.01. The molecule has 92 valence electrons. The van der Waals surface area contributed by atoms with Crippen LogP contribution in [0.3, 0.4) is 0 Å². The van der Waals surface area contributed by atoms with Gasteiger partial charge >= 0.3 is 6.09 Å². The number of rotatable bonds is 1. The van der Waals surface area contributed by atoms with Crippen LogP contribution in [0.5, 0.6) is 0 Å². The highest BCUT2D eigenvalue weighted by Gasteiger charge is 2.22. The summed E-state index contributed by atoms with van der Waals surface area (Å²) in [6.45, 7) is 2.06. The van der Waals surface area contributed by atoms with E-state index in [-0.39, 0.29) is 0 Å². The van der Waals surface area contributed by atoms with Crippen molar-refractivity contribution in [1.82, 2.24) is 14.9 Å². The number of hydrogen-bond donors (Lipinski definition) is 2. The van der Waals surface area contributed by atoms with Gasteiger partial charge in [-0.15, -0.1) is 0 Å². The van der Waals surface area contributed by atoms with Gasteiger partial charge in [0.25, 0.3) is 0 Å². The third-order valence-electron chi connectivity index (χ3n) is 2.59. The Morgan fingerprint density at radius 3 is 2.59 bits per heavy atom. The van der Waals surface area contributed by atoms with E-state index in [0.717, 1.165) is 0 Å². The first kappa shape index (κ1) is 11.9. The molecule has 2 heterocycles. The lowest BCUT2D eigenvalue weighted by atomic mass is 10.3. The van der Waals surface area contributed by atoms with Gasteiger partial charge in [-0.25, -0.2) is 9.78 Å². The lowest BCUT2D eigenvalue weighted by Crippen LogP contribution is -2.48. The summed E-state index contributed by atoms with van der Waals surface area (Å²) in [5.41, 5.74) is 5.67. The molecule has 7 nitrogen and oxygen atoms in total. The summed E-state index contributed by atoms with van der Waals surface area (Å²) in [6.07, 6.45) is 0.710. The molecule has 1 aliphatic rings. The third-order valence-corrected chi connectivity index (χ3v) is 3.20. The SMILES string of the molecule is Nc1nc(N2CCN(C(=O)O)CC2)ncc1Br. The number of nitrogen functional groups attached to an aromatic ring is 1. The molecule has 1 amide bonds. The number of carbonyl (C=O) groups is 1. The van der Waals surface area contributed by atoms with Crippen LogP contribution in [-0.2, 0) is 0 Å². The summed E-state index contributed by atoms with van der Waals surface area (Å²) in [6, 6.07) is 0. The molecule has 2 rings (SSSR count). The smallest absolute Gasteiger partial charge is 0.407 e. The quantitative estimate of drug-likeness (QED) is 0.789. The molecule has 17 heavy (non-hydrogen) atoms. The summed E-state index contributed by atoms with van der Waals surface area (Å²) in [5, 5.41) is 8.83. The van der Waals surface area contributed by atoms with E-state index < -0.39 is 6.09 Å². The highest BCUT2D eigenvalue weighted by Crippen LogP contribution is 2.19. The first-order valence-electron chi connectivity index (χ1n) is 5.09. The number of aromatic nitrogens is 2. The Bertz CT molecular complexity index is 433. The predicted octanol–water partition coefficient (Wildman–Crippen LogP) is 0.621. The number of halogens is 1. The second-order valence-electron chi connectivity index (χ2n) is 3.66. The number of carboxylic acid groups (broad SMARTS) is 1. The average Bonchev–Trinajstić information content (AvgIpc) is 2.33. The molecule has 8 heteroatoms.